The summed E-state index contributed by atoms with van der Waals surface area (Å²) in [6.45, 7) is 1.31. The smallest absolute Gasteiger partial charge is 0.253 e. The second-order valence-electron chi connectivity index (χ2n) is 6.71. The molecule has 0 atom stereocenters. The summed E-state index contributed by atoms with van der Waals surface area (Å²) in [6.07, 6.45) is 8.55. The van der Waals surface area contributed by atoms with Gasteiger partial charge in [0.25, 0.3) is 5.56 Å². The van der Waals surface area contributed by atoms with Crippen LogP contribution in [0.15, 0.2) is 63.6 Å². The van der Waals surface area contributed by atoms with Crippen LogP contribution in [-0.2, 0) is 16.6 Å². The third kappa shape index (κ3) is 3.73. The minimum Gasteiger partial charge on any atom is -0.363 e. The van der Waals surface area contributed by atoms with E-state index in [1.54, 1.807) is 35.4 Å². The SMILES string of the molecule is O=c1cc(-c2ccncc2)ncn1CC1CCN(S(=O)(=O)c2cnoc2)CC1. The van der Waals surface area contributed by atoms with E-state index in [1.165, 1.54) is 16.6 Å². The fourth-order valence-corrected chi connectivity index (χ4v) is 4.66. The zero-order valence-corrected chi connectivity index (χ0v) is 15.8. The van der Waals surface area contributed by atoms with Gasteiger partial charge in [0.15, 0.2) is 0 Å². The van der Waals surface area contributed by atoms with E-state index in [4.69, 9.17) is 0 Å². The molecule has 10 heteroatoms. The van der Waals surface area contributed by atoms with E-state index in [1.807, 2.05) is 0 Å². The summed E-state index contributed by atoms with van der Waals surface area (Å²) < 4.78 is 32.7. The van der Waals surface area contributed by atoms with E-state index in [-0.39, 0.29) is 16.4 Å². The van der Waals surface area contributed by atoms with Gasteiger partial charge in [-0.25, -0.2) is 13.4 Å². The largest absolute Gasteiger partial charge is 0.363 e. The molecule has 4 rings (SSSR count). The van der Waals surface area contributed by atoms with Crippen LogP contribution in [0.1, 0.15) is 12.8 Å². The van der Waals surface area contributed by atoms with Gasteiger partial charge in [-0.2, -0.15) is 4.31 Å². The molecule has 3 aromatic rings. The highest BCUT2D eigenvalue weighted by Crippen LogP contribution is 2.24. The summed E-state index contributed by atoms with van der Waals surface area (Å²) in [5.41, 5.74) is 1.33. The molecule has 0 aromatic carbocycles. The first-order chi connectivity index (χ1) is 13.5. The molecule has 146 valence electrons. The Kier molecular flexibility index (Phi) is 5.05. The Labute approximate surface area is 161 Å². The van der Waals surface area contributed by atoms with E-state index in [9.17, 15) is 13.2 Å². The van der Waals surface area contributed by atoms with E-state index in [0.29, 0.717) is 38.2 Å². The number of nitrogens with zero attached hydrogens (tertiary/aromatic N) is 5. The fraction of sp³-hybridized carbons (Fsp3) is 0.333. The average molecular weight is 401 g/mol. The van der Waals surface area contributed by atoms with Crippen molar-refractivity contribution in [3.05, 3.63) is 59.7 Å². The Hall–Kier alpha value is -2.85. The maximum Gasteiger partial charge on any atom is 0.253 e. The summed E-state index contributed by atoms with van der Waals surface area (Å²) in [5, 5.41) is 3.46. The summed E-state index contributed by atoms with van der Waals surface area (Å²) >= 11 is 0. The highest BCUT2D eigenvalue weighted by molar-refractivity contribution is 7.89. The second kappa shape index (κ2) is 7.64. The van der Waals surface area contributed by atoms with Crippen LogP contribution < -0.4 is 5.56 Å². The summed E-state index contributed by atoms with van der Waals surface area (Å²) in [7, 11) is -3.57. The number of rotatable bonds is 5. The van der Waals surface area contributed by atoms with E-state index in [2.05, 4.69) is 19.6 Å². The van der Waals surface area contributed by atoms with Crippen molar-refractivity contribution in [1.82, 2.24) is 24.0 Å². The zero-order chi connectivity index (χ0) is 19.6. The highest BCUT2D eigenvalue weighted by atomic mass is 32.2. The predicted molar refractivity (Wildman–Crippen MR) is 99.7 cm³/mol. The number of pyridine rings is 1. The molecule has 4 heterocycles. The number of piperidine rings is 1. The molecule has 0 bridgehead atoms. The van der Waals surface area contributed by atoms with Crippen molar-refractivity contribution >= 4 is 10.0 Å². The Morgan fingerprint density at radius 1 is 1.18 bits per heavy atom. The summed E-state index contributed by atoms with van der Waals surface area (Å²) in [4.78, 5) is 20.9. The van der Waals surface area contributed by atoms with Crippen LogP contribution in [-0.4, -0.2) is 45.5 Å². The lowest BCUT2D eigenvalue weighted by atomic mass is 9.98. The molecule has 0 N–H and O–H groups in total. The molecule has 0 amide bonds. The normalized spacial score (nSPS) is 16.3. The van der Waals surface area contributed by atoms with E-state index >= 15 is 0 Å². The maximum absolute atomic E-state index is 12.5. The number of sulfonamides is 1. The van der Waals surface area contributed by atoms with Crippen LogP contribution in [0, 0.1) is 5.92 Å². The minimum absolute atomic E-state index is 0.0677. The minimum atomic E-state index is -3.57. The number of hydrogen-bond donors (Lipinski definition) is 0. The molecule has 1 aliphatic heterocycles. The number of hydrogen-bond acceptors (Lipinski definition) is 7. The molecule has 28 heavy (non-hydrogen) atoms. The molecule has 0 aliphatic carbocycles. The molecule has 9 nitrogen and oxygen atoms in total. The summed E-state index contributed by atoms with van der Waals surface area (Å²) in [6, 6.07) is 5.12. The molecule has 0 spiro atoms. The molecular weight excluding hydrogens is 382 g/mol. The van der Waals surface area contributed by atoms with Crippen LogP contribution in [0.25, 0.3) is 11.3 Å². The zero-order valence-electron chi connectivity index (χ0n) is 15.0. The van der Waals surface area contributed by atoms with Gasteiger partial charge in [-0.05, 0) is 30.9 Å². The van der Waals surface area contributed by atoms with Crippen molar-refractivity contribution in [1.29, 1.82) is 0 Å². The van der Waals surface area contributed by atoms with Gasteiger partial charge in [0, 0.05) is 43.7 Å². The van der Waals surface area contributed by atoms with Crippen molar-refractivity contribution in [3.63, 3.8) is 0 Å². The Balaban J connectivity index is 1.41. The molecule has 1 fully saturated rings. The lowest BCUT2D eigenvalue weighted by Gasteiger charge is -2.30. The van der Waals surface area contributed by atoms with Gasteiger partial charge in [0.05, 0.1) is 18.2 Å². The first kappa shape index (κ1) is 18.5. The lowest BCUT2D eigenvalue weighted by Crippen LogP contribution is -2.39. The lowest BCUT2D eigenvalue weighted by molar-refractivity contribution is 0.250. The fourth-order valence-electron chi connectivity index (χ4n) is 3.33. The van der Waals surface area contributed by atoms with E-state index in [0.717, 1.165) is 11.8 Å². The summed E-state index contributed by atoms with van der Waals surface area (Å²) in [5.74, 6) is 0.209. The average Bonchev–Trinajstić information content (AvgIpc) is 3.26. The number of aromatic nitrogens is 4. The van der Waals surface area contributed by atoms with Crippen LogP contribution in [0.4, 0.5) is 0 Å². The molecule has 0 unspecified atom stereocenters. The van der Waals surface area contributed by atoms with Crippen LogP contribution in [0.2, 0.25) is 0 Å². The van der Waals surface area contributed by atoms with Crippen LogP contribution in [0.3, 0.4) is 0 Å². The second-order valence-corrected chi connectivity index (χ2v) is 8.65. The standard InChI is InChI=1S/C18H19N5O4S/c24-18-9-17(15-1-5-19-6-2-15)20-13-22(18)11-14-3-7-23(8-4-14)28(25,26)16-10-21-27-12-16/h1-2,5-6,9-10,12-14H,3-4,7-8,11H2. The Morgan fingerprint density at radius 3 is 2.57 bits per heavy atom. The van der Waals surface area contributed by atoms with Crippen molar-refractivity contribution in [2.24, 2.45) is 5.92 Å². The molecular formula is C18H19N5O4S. The molecule has 0 radical (unpaired) electrons. The van der Waals surface area contributed by atoms with Gasteiger partial charge in [-0.15, -0.1) is 0 Å². The topological polar surface area (TPSA) is 111 Å². The maximum atomic E-state index is 12.5. The van der Waals surface area contributed by atoms with Crippen LogP contribution >= 0.6 is 0 Å². The Morgan fingerprint density at radius 2 is 1.93 bits per heavy atom. The van der Waals surface area contributed by atoms with Crippen molar-refractivity contribution in [3.8, 4) is 11.3 Å². The van der Waals surface area contributed by atoms with Gasteiger partial charge < -0.3 is 4.52 Å². The van der Waals surface area contributed by atoms with Crippen molar-refractivity contribution in [2.45, 2.75) is 24.3 Å². The quantitative estimate of drug-likeness (QED) is 0.635. The molecule has 3 aromatic heterocycles. The Bertz CT molecular complexity index is 1090. The van der Waals surface area contributed by atoms with Crippen molar-refractivity contribution in [2.75, 3.05) is 13.1 Å². The third-order valence-electron chi connectivity index (χ3n) is 4.93. The predicted octanol–water partition coefficient (Wildman–Crippen LogP) is 1.39. The van der Waals surface area contributed by atoms with Gasteiger partial charge >= 0.3 is 0 Å². The highest BCUT2D eigenvalue weighted by Gasteiger charge is 2.30. The first-order valence-corrected chi connectivity index (χ1v) is 10.3. The van der Waals surface area contributed by atoms with Crippen LogP contribution in [0.5, 0.6) is 0 Å². The molecule has 0 saturated carbocycles. The molecule has 1 saturated heterocycles. The van der Waals surface area contributed by atoms with Gasteiger partial charge in [0.1, 0.15) is 11.2 Å². The van der Waals surface area contributed by atoms with Crippen molar-refractivity contribution < 1.29 is 12.9 Å². The van der Waals surface area contributed by atoms with E-state index < -0.39 is 10.0 Å². The van der Waals surface area contributed by atoms with Gasteiger partial charge in [0.2, 0.25) is 10.0 Å². The molecule has 1 aliphatic rings. The third-order valence-corrected chi connectivity index (χ3v) is 6.77. The van der Waals surface area contributed by atoms with Gasteiger partial charge in [-0.1, -0.05) is 5.16 Å². The van der Waals surface area contributed by atoms with Gasteiger partial charge in [-0.3, -0.25) is 14.3 Å². The monoisotopic (exact) mass is 401 g/mol. The first-order valence-electron chi connectivity index (χ1n) is 8.90.